The van der Waals surface area contributed by atoms with Crippen LogP contribution in [0.3, 0.4) is 0 Å². The number of anilines is 1. The molecule has 1 fully saturated rings. The Morgan fingerprint density at radius 3 is 2.48 bits per heavy atom. The quantitative estimate of drug-likeness (QED) is 0.143. The maximum Gasteiger partial charge on any atom is 1.00 e. The minimum absolute atomic E-state index is 0. The van der Waals surface area contributed by atoms with E-state index in [-0.39, 0.29) is 103 Å². The fourth-order valence-corrected chi connectivity index (χ4v) is 5.01. The summed E-state index contributed by atoms with van der Waals surface area (Å²) in [6.07, 6.45) is 3.10. The molecule has 1 saturated heterocycles. The molecule has 1 aromatic heterocycles. The molecule has 162 valence electrons. The molecule has 0 bridgehead atoms. The number of hydrogen-bond acceptors (Lipinski definition) is 6. The van der Waals surface area contributed by atoms with E-state index in [4.69, 9.17) is 12.6 Å². The number of hydrogen-bond donors (Lipinski definition) is 1. The van der Waals surface area contributed by atoms with Crippen LogP contribution in [-0.4, -0.2) is 46.4 Å². The Kier molecular flexibility index (Phi) is 11.7. The molecule has 33 heavy (non-hydrogen) atoms. The van der Waals surface area contributed by atoms with E-state index in [2.05, 4.69) is 41.5 Å². The van der Waals surface area contributed by atoms with Gasteiger partial charge in [0.15, 0.2) is 0 Å². The van der Waals surface area contributed by atoms with Gasteiger partial charge >= 0.3 is 103 Å². The van der Waals surface area contributed by atoms with Crippen LogP contribution < -0.4 is 118 Å². The third kappa shape index (κ3) is 6.36. The number of aromatic nitrogens is 3. The SMILES string of the molecule is Cc1cccc(C)c1[N+]1(CCCNc2cccc(-n3cnnc3[S-])c2)CCC1C(=O)[O-].[K+].[K+]. The number of nitrogens with one attached hydrogen (secondary N) is 1. The summed E-state index contributed by atoms with van der Waals surface area (Å²) in [5.41, 5.74) is 5.29. The van der Waals surface area contributed by atoms with Gasteiger partial charge in [0.1, 0.15) is 18.1 Å². The molecule has 1 aliphatic rings. The van der Waals surface area contributed by atoms with Crippen LogP contribution in [0.15, 0.2) is 53.9 Å². The minimum Gasteiger partial charge on any atom is -0.740 e. The molecule has 2 unspecified atom stereocenters. The third-order valence-electron chi connectivity index (χ3n) is 6.26. The molecule has 1 N–H and O–H groups in total. The largest absolute Gasteiger partial charge is 1.00 e. The molecule has 0 radical (unpaired) electrons. The summed E-state index contributed by atoms with van der Waals surface area (Å²) in [6.45, 7) is 6.44. The van der Waals surface area contributed by atoms with E-state index in [9.17, 15) is 9.90 Å². The molecule has 0 amide bonds. The molecule has 7 nitrogen and oxygen atoms in total. The van der Waals surface area contributed by atoms with Crippen molar-refractivity contribution in [3.63, 3.8) is 0 Å². The summed E-state index contributed by atoms with van der Waals surface area (Å²) in [5, 5.41) is 23.4. The van der Waals surface area contributed by atoms with Crippen molar-refractivity contribution in [1.82, 2.24) is 19.2 Å². The van der Waals surface area contributed by atoms with E-state index in [1.54, 1.807) is 10.9 Å². The van der Waals surface area contributed by atoms with Crippen LogP contribution in [0.25, 0.3) is 5.69 Å². The molecule has 10 heteroatoms. The van der Waals surface area contributed by atoms with Gasteiger partial charge in [-0.05, 0) is 32.0 Å². The first-order valence-corrected chi connectivity index (χ1v) is 10.9. The summed E-state index contributed by atoms with van der Waals surface area (Å²) in [4.78, 5) is 11.9. The smallest absolute Gasteiger partial charge is 0.740 e. The molecule has 0 saturated carbocycles. The Morgan fingerprint density at radius 1 is 1.21 bits per heavy atom. The number of para-hydroxylation sites is 1. The third-order valence-corrected chi connectivity index (χ3v) is 6.54. The number of carboxylic acids is 1. The molecule has 0 spiro atoms. The fraction of sp³-hybridized carbons (Fsp3) is 0.348. The van der Waals surface area contributed by atoms with Crippen LogP contribution in [0.1, 0.15) is 24.0 Å². The second kappa shape index (κ2) is 13.0. The maximum atomic E-state index is 11.9. The number of rotatable bonds is 8. The zero-order chi connectivity index (χ0) is 22.0. The van der Waals surface area contributed by atoms with Crippen molar-refractivity contribution in [2.45, 2.75) is 37.9 Å². The standard InChI is InChI=1S/C23H27N5O2S.2K/c1-16-6-3-7-17(2)21(16)28(13-10-20(28)22(29)30)12-5-11-24-18-8-4-9-19(14-18)27-15-25-26-23(27)31;;/h3-4,6-9,14-15,20,24H,5,10-13H2,1-2H3,(H-,26,29,30,31);;/q;2*+1/p-1. The summed E-state index contributed by atoms with van der Waals surface area (Å²) in [7, 11) is 0. The van der Waals surface area contributed by atoms with Crippen LogP contribution in [0.2, 0.25) is 0 Å². The van der Waals surface area contributed by atoms with Gasteiger partial charge in [0.05, 0.1) is 25.5 Å². The van der Waals surface area contributed by atoms with Gasteiger partial charge < -0.3 is 32.4 Å². The summed E-state index contributed by atoms with van der Waals surface area (Å²) < 4.78 is 2.23. The van der Waals surface area contributed by atoms with Crippen molar-refractivity contribution in [1.29, 1.82) is 0 Å². The summed E-state index contributed by atoms with van der Waals surface area (Å²) in [5.74, 6) is -0.955. The van der Waals surface area contributed by atoms with Gasteiger partial charge in [-0.2, -0.15) is 5.10 Å². The van der Waals surface area contributed by atoms with E-state index in [1.165, 1.54) is 0 Å². The molecule has 4 rings (SSSR count). The molecular formula is C23H26K2N5O2S+. The average Bonchev–Trinajstić information content (AvgIpc) is 3.14. The molecule has 1 aliphatic heterocycles. The van der Waals surface area contributed by atoms with E-state index < -0.39 is 12.0 Å². The van der Waals surface area contributed by atoms with Gasteiger partial charge in [0.25, 0.3) is 0 Å². The zero-order valence-electron chi connectivity index (χ0n) is 19.7. The number of carbonyl (C=O) groups is 1. The number of aryl methyl sites for hydroxylation is 2. The number of nitrogens with zero attached hydrogens (tertiary/aromatic N) is 4. The zero-order valence-corrected chi connectivity index (χ0v) is 26.8. The Balaban J connectivity index is 0.00000193. The van der Waals surface area contributed by atoms with E-state index in [0.717, 1.165) is 54.2 Å². The maximum absolute atomic E-state index is 11.9. The predicted octanol–water partition coefficient (Wildman–Crippen LogP) is -3.87. The predicted molar refractivity (Wildman–Crippen MR) is 121 cm³/mol. The van der Waals surface area contributed by atoms with Gasteiger partial charge in [-0.25, -0.2) is 0 Å². The number of likely N-dealkylation sites (tertiary alicyclic amines) is 1. The first-order valence-electron chi connectivity index (χ1n) is 10.5. The molecule has 2 heterocycles. The molecular weight excluding hydrogens is 489 g/mol. The monoisotopic (exact) mass is 514 g/mol. The first-order chi connectivity index (χ1) is 14.9. The summed E-state index contributed by atoms with van der Waals surface area (Å²) in [6, 6.07) is 13.6. The second-order valence-corrected chi connectivity index (χ2v) is 8.52. The molecule has 3 aromatic rings. The van der Waals surface area contributed by atoms with Gasteiger partial charge in [-0.1, -0.05) is 24.3 Å². The molecule has 0 aliphatic carbocycles. The van der Waals surface area contributed by atoms with Crippen molar-refractivity contribution < 1.29 is 113 Å². The second-order valence-electron chi connectivity index (χ2n) is 8.16. The van der Waals surface area contributed by atoms with Crippen LogP contribution >= 0.6 is 0 Å². The van der Waals surface area contributed by atoms with Crippen LogP contribution in [0, 0.1) is 13.8 Å². The van der Waals surface area contributed by atoms with Gasteiger partial charge in [-0.15, -0.1) is 5.10 Å². The Bertz CT molecular complexity index is 1090. The minimum atomic E-state index is -0.955. The summed E-state index contributed by atoms with van der Waals surface area (Å²) >= 11 is 5.19. The first kappa shape index (κ1) is 29.5. The normalized spacial score (nSPS) is 19.0. The van der Waals surface area contributed by atoms with Crippen molar-refractivity contribution in [3.8, 4) is 5.69 Å². The van der Waals surface area contributed by atoms with Crippen LogP contribution in [-0.2, 0) is 17.4 Å². The van der Waals surface area contributed by atoms with Gasteiger partial charge in [0.2, 0.25) is 0 Å². The molecule has 2 aromatic carbocycles. The van der Waals surface area contributed by atoms with Gasteiger partial charge in [0, 0.05) is 40.6 Å². The number of quaternary nitrogens is 1. The van der Waals surface area contributed by atoms with E-state index in [0.29, 0.717) is 16.1 Å². The van der Waals surface area contributed by atoms with E-state index >= 15 is 0 Å². The van der Waals surface area contributed by atoms with Crippen molar-refractivity contribution in [2.75, 3.05) is 25.0 Å². The van der Waals surface area contributed by atoms with Crippen molar-refractivity contribution in [2.24, 2.45) is 0 Å². The Hall–Kier alpha value is 0.303. The van der Waals surface area contributed by atoms with Crippen molar-refractivity contribution in [3.05, 3.63) is 59.9 Å². The average molecular weight is 515 g/mol. The van der Waals surface area contributed by atoms with Gasteiger partial charge in [-0.3, -0.25) is 4.48 Å². The number of carbonyl (C=O) groups excluding carboxylic acids is 1. The topological polar surface area (TPSA) is 82.9 Å². The number of benzene rings is 2. The number of carboxylic acid groups (broad SMARTS) is 1. The van der Waals surface area contributed by atoms with Crippen molar-refractivity contribution >= 4 is 30.0 Å². The van der Waals surface area contributed by atoms with Crippen LogP contribution in [0.4, 0.5) is 11.4 Å². The van der Waals surface area contributed by atoms with Crippen LogP contribution in [0.5, 0.6) is 0 Å². The Morgan fingerprint density at radius 2 is 1.91 bits per heavy atom. The Labute approximate surface area is 285 Å². The fourth-order valence-electron chi connectivity index (χ4n) is 4.81. The molecule has 2 atom stereocenters. The van der Waals surface area contributed by atoms with E-state index in [1.807, 2.05) is 30.3 Å². The number of aliphatic carboxylic acids is 1.